The van der Waals surface area contributed by atoms with Crippen LogP contribution in [0.25, 0.3) is 0 Å². The summed E-state index contributed by atoms with van der Waals surface area (Å²) in [5, 5.41) is 2.76. The highest BCUT2D eigenvalue weighted by molar-refractivity contribution is 5.92. The van der Waals surface area contributed by atoms with Crippen molar-refractivity contribution >= 4 is 17.5 Å². The lowest BCUT2D eigenvalue weighted by molar-refractivity contribution is -0.133. The van der Waals surface area contributed by atoms with E-state index in [9.17, 15) is 14.0 Å². The molecular weight excluding hydrogens is 321 g/mol. The van der Waals surface area contributed by atoms with Crippen LogP contribution in [-0.4, -0.2) is 54.3 Å². The number of carbonyl (C=O) groups excluding carboxylic acids is 2. The standard InChI is InChI=1S/C19H24FN3O2/c20-16-5-7-17(8-6-16)21-18(24)14-22-9-11-23(12-10-22)19(25)13-15-3-1-2-4-15/h1,3,5-8,15H,2,4,9-14H2,(H,21,24)/t15-/m1/s1. The summed E-state index contributed by atoms with van der Waals surface area (Å²) in [6.07, 6.45) is 7.05. The number of amides is 2. The molecule has 2 amide bonds. The van der Waals surface area contributed by atoms with Gasteiger partial charge in [-0.3, -0.25) is 14.5 Å². The van der Waals surface area contributed by atoms with Crippen molar-refractivity contribution in [2.45, 2.75) is 19.3 Å². The molecule has 134 valence electrons. The lowest BCUT2D eigenvalue weighted by atomic mass is 10.0. The highest BCUT2D eigenvalue weighted by Gasteiger charge is 2.24. The summed E-state index contributed by atoms with van der Waals surface area (Å²) in [5.74, 6) is 0.161. The smallest absolute Gasteiger partial charge is 0.238 e. The van der Waals surface area contributed by atoms with Crippen LogP contribution >= 0.6 is 0 Å². The Hall–Kier alpha value is -2.21. The second kappa shape index (κ2) is 8.25. The van der Waals surface area contributed by atoms with Gasteiger partial charge in [-0.15, -0.1) is 0 Å². The third kappa shape index (κ3) is 5.13. The minimum Gasteiger partial charge on any atom is -0.340 e. The molecule has 1 aliphatic heterocycles. The maximum atomic E-state index is 12.9. The number of nitrogens with zero attached hydrogens (tertiary/aromatic N) is 2. The molecule has 5 nitrogen and oxygen atoms in total. The summed E-state index contributed by atoms with van der Waals surface area (Å²) >= 11 is 0. The Morgan fingerprint density at radius 2 is 1.84 bits per heavy atom. The van der Waals surface area contributed by atoms with Crippen LogP contribution in [0.2, 0.25) is 0 Å². The number of anilines is 1. The third-order valence-corrected chi connectivity index (χ3v) is 4.77. The number of halogens is 1. The van der Waals surface area contributed by atoms with Crippen LogP contribution in [0.15, 0.2) is 36.4 Å². The molecule has 6 heteroatoms. The summed E-state index contributed by atoms with van der Waals surface area (Å²) < 4.78 is 12.9. The average molecular weight is 345 g/mol. The summed E-state index contributed by atoms with van der Waals surface area (Å²) in [6.45, 7) is 3.01. The molecule has 0 bridgehead atoms. The van der Waals surface area contributed by atoms with Gasteiger partial charge in [0.25, 0.3) is 0 Å². The number of hydrogen-bond donors (Lipinski definition) is 1. The van der Waals surface area contributed by atoms with Crippen molar-refractivity contribution in [2.24, 2.45) is 5.92 Å². The van der Waals surface area contributed by atoms with E-state index < -0.39 is 0 Å². The van der Waals surface area contributed by atoms with E-state index in [1.807, 2.05) is 9.80 Å². The van der Waals surface area contributed by atoms with E-state index in [0.717, 1.165) is 12.8 Å². The summed E-state index contributed by atoms with van der Waals surface area (Å²) in [4.78, 5) is 28.3. The number of hydrogen-bond acceptors (Lipinski definition) is 3. The lowest BCUT2D eigenvalue weighted by Gasteiger charge is -2.34. The first-order chi connectivity index (χ1) is 12.1. The maximum Gasteiger partial charge on any atom is 0.238 e. The molecule has 1 saturated heterocycles. The second-order valence-corrected chi connectivity index (χ2v) is 6.68. The molecule has 1 aromatic carbocycles. The van der Waals surface area contributed by atoms with E-state index in [1.54, 1.807) is 12.1 Å². The zero-order chi connectivity index (χ0) is 17.6. The lowest BCUT2D eigenvalue weighted by Crippen LogP contribution is -2.50. The number of rotatable bonds is 5. The third-order valence-electron chi connectivity index (χ3n) is 4.77. The molecule has 1 aliphatic carbocycles. The van der Waals surface area contributed by atoms with E-state index in [1.165, 1.54) is 12.1 Å². The number of nitrogens with one attached hydrogen (secondary N) is 1. The zero-order valence-corrected chi connectivity index (χ0v) is 14.3. The summed E-state index contributed by atoms with van der Waals surface area (Å²) in [5.41, 5.74) is 0.588. The molecule has 1 N–H and O–H groups in total. The van der Waals surface area contributed by atoms with Crippen molar-refractivity contribution < 1.29 is 14.0 Å². The van der Waals surface area contributed by atoms with Gasteiger partial charge in [0.05, 0.1) is 6.54 Å². The Morgan fingerprint density at radius 3 is 2.48 bits per heavy atom. The Kier molecular flexibility index (Phi) is 5.81. The monoisotopic (exact) mass is 345 g/mol. The first kappa shape index (κ1) is 17.6. The normalized spacial score (nSPS) is 20.7. The Labute approximate surface area is 147 Å². The van der Waals surface area contributed by atoms with Crippen molar-refractivity contribution in [2.75, 3.05) is 38.0 Å². The number of benzene rings is 1. The van der Waals surface area contributed by atoms with Gasteiger partial charge in [0.15, 0.2) is 0 Å². The fraction of sp³-hybridized carbons (Fsp3) is 0.474. The molecule has 1 fully saturated rings. The van der Waals surface area contributed by atoms with Gasteiger partial charge in [0.1, 0.15) is 5.82 Å². The van der Waals surface area contributed by atoms with Gasteiger partial charge in [-0.25, -0.2) is 4.39 Å². The van der Waals surface area contributed by atoms with E-state index >= 15 is 0 Å². The molecule has 1 heterocycles. The first-order valence-electron chi connectivity index (χ1n) is 8.82. The van der Waals surface area contributed by atoms with Gasteiger partial charge in [0, 0.05) is 38.3 Å². The summed E-state index contributed by atoms with van der Waals surface area (Å²) in [6, 6.07) is 5.72. The molecule has 3 rings (SSSR count). The van der Waals surface area contributed by atoms with Gasteiger partial charge in [0.2, 0.25) is 11.8 Å². The van der Waals surface area contributed by atoms with Crippen LogP contribution in [0.1, 0.15) is 19.3 Å². The fourth-order valence-electron chi connectivity index (χ4n) is 3.31. The Bertz CT molecular complexity index is 637. The molecule has 0 spiro atoms. The molecule has 0 saturated carbocycles. The van der Waals surface area contributed by atoms with E-state index in [-0.39, 0.29) is 24.2 Å². The predicted molar refractivity (Wildman–Crippen MR) is 94.5 cm³/mol. The largest absolute Gasteiger partial charge is 0.340 e. The van der Waals surface area contributed by atoms with E-state index in [0.29, 0.717) is 44.2 Å². The Balaban J connectivity index is 1.39. The van der Waals surface area contributed by atoms with Crippen LogP contribution in [0, 0.1) is 11.7 Å². The van der Waals surface area contributed by atoms with Crippen LogP contribution in [0.5, 0.6) is 0 Å². The molecule has 0 unspecified atom stereocenters. The molecule has 1 atom stereocenters. The van der Waals surface area contributed by atoms with Gasteiger partial charge in [-0.05, 0) is 43.0 Å². The fourth-order valence-corrected chi connectivity index (χ4v) is 3.31. The zero-order valence-electron chi connectivity index (χ0n) is 14.3. The Morgan fingerprint density at radius 1 is 1.12 bits per heavy atom. The van der Waals surface area contributed by atoms with Crippen molar-refractivity contribution in [3.8, 4) is 0 Å². The van der Waals surface area contributed by atoms with Gasteiger partial charge in [-0.1, -0.05) is 12.2 Å². The number of carbonyl (C=O) groups is 2. The van der Waals surface area contributed by atoms with Gasteiger partial charge < -0.3 is 10.2 Å². The van der Waals surface area contributed by atoms with Crippen molar-refractivity contribution in [3.05, 3.63) is 42.2 Å². The highest BCUT2D eigenvalue weighted by Crippen LogP contribution is 2.21. The number of allylic oxidation sites excluding steroid dienone is 2. The second-order valence-electron chi connectivity index (χ2n) is 6.68. The van der Waals surface area contributed by atoms with Crippen LogP contribution in [-0.2, 0) is 9.59 Å². The molecule has 0 aromatic heterocycles. The average Bonchev–Trinajstić information content (AvgIpc) is 3.10. The minimum atomic E-state index is -0.327. The molecule has 1 aromatic rings. The SMILES string of the molecule is O=C(CN1CCN(C(=O)C[C@@H]2C=CCC2)CC1)Nc1ccc(F)cc1. The van der Waals surface area contributed by atoms with Crippen molar-refractivity contribution in [3.63, 3.8) is 0 Å². The van der Waals surface area contributed by atoms with Gasteiger partial charge >= 0.3 is 0 Å². The number of piperazine rings is 1. The summed E-state index contributed by atoms with van der Waals surface area (Å²) in [7, 11) is 0. The van der Waals surface area contributed by atoms with E-state index in [4.69, 9.17) is 0 Å². The minimum absolute atomic E-state index is 0.123. The van der Waals surface area contributed by atoms with Crippen molar-refractivity contribution in [1.29, 1.82) is 0 Å². The highest BCUT2D eigenvalue weighted by atomic mass is 19.1. The molecule has 0 radical (unpaired) electrons. The molecule has 25 heavy (non-hydrogen) atoms. The maximum absolute atomic E-state index is 12.9. The first-order valence-corrected chi connectivity index (χ1v) is 8.82. The van der Waals surface area contributed by atoms with Crippen LogP contribution in [0.3, 0.4) is 0 Å². The quantitative estimate of drug-likeness (QED) is 0.833. The van der Waals surface area contributed by atoms with Crippen LogP contribution in [0.4, 0.5) is 10.1 Å². The van der Waals surface area contributed by atoms with Crippen molar-refractivity contribution in [1.82, 2.24) is 9.80 Å². The topological polar surface area (TPSA) is 52.7 Å². The predicted octanol–water partition coefficient (Wildman–Crippen LogP) is 2.26. The molecular formula is C19H24FN3O2. The van der Waals surface area contributed by atoms with Gasteiger partial charge in [-0.2, -0.15) is 0 Å². The molecule has 2 aliphatic rings. The van der Waals surface area contributed by atoms with E-state index in [2.05, 4.69) is 17.5 Å². The van der Waals surface area contributed by atoms with Crippen LogP contribution < -0.4 is 5.32 Å².